The second-order valence-corrected chi connectivity index (χ2v) is 4.10. The van der Waals surface area contributed by atoms with Crippen LogP contribution >= 0.6 is 0 Å². The topological polar surface area (TPSA) is 61.7 Å². The molecule has 0 radical (unpaired) electrons. The van der Waals surface area contributed by atoms with Crippen molar-refractivity contribution in [2.24, 2.45) is 0 Å². The lowest BCUT2D eigenvalue weighted by atomic mass is 10.1. The van der Waals surface area contributed by atoms with Crippen molar-refractivity contribution in [3.05, 3.63) is 23.8 Å². The van der Waals surface area contributed by atoms with Gasteiger partial charge in [0.2, 0.25) is 0 Å². The number of hydrogen-bond acceptors (Lipinski definition) is 4. The van der Waals surface area contributed by atoms with Crippen molar-refractivity contribution >= 4 is 0 Å². The molecule has 1 aromatic rings. The van der Waals surface area contributed by atoms with Gasteiger partial charge in [-0.1, -0.05) is 13.0 Å². The molecule has 17 heavy (non-hydrogen) atoms. The Morgan fingerprint density at radius 1 is 1.41 bits per heavy atom. The number of methoxy groups -OCH3 is 1. The summed E-state index contributed by atoms with van der Waals surface area (Å²) in [5.41, 5.74) is 0.803. The largest absolute Gasteiger partial charge is 0.507 e. The van der Waals surface area contributed by atoms with Gasteiger partial charge in [-0.3, -0.25) is 0 Å². The number of aliphatic hydroxyl groups is 1. The molecule has 1 rings (SSSR count). The van der Waals surface area contributed by atoms with Crippen LogP contribution in [0.15, 0.2) is 18.2 Å². The van der Waals surface area contributed by atoms with E-state index in [1.807, 2.05) is 26.0 Å². The number of phenolic OH excluding ortho intramolecular Hbond substituents is 1. The number of aromatic hydroxyl groups is 1. The summed E-state index contributed by atoms with van der Waals surface area (Å²) in [4.78, 5) is 0. The minimum absolute atomic E-state index is 0.0157. The maximum atomic E-state index is 9.87. The fourth-order valence-electron chi connectivity index (χ4n) is 1.76. The molecule has 0 aliphatic carbocycles. The Kier molecular flexibility index (Phi) is 5.25. The Morgan fingerprint density at radius 3 is 2.59 bits per heavy atom. The first-order valence-electron chi connectivity index (χ1n) is 5.86. The van der Waals surface area contributed by atoms with E-state index in [4.69, 9.17) is 9.84 Å². The summed E-state index contributed by atoms with van der Waals surface area (Å²) in [5, 5.41) is 22.3. The Hall–Kier alpha value is -1.26. The summed E-state index contributed by atoms with van der Waals surface area (Å²) in [6, 6.07) is 5.26. The molecule has 0 spiro atoms. The van der Waals surface area contributed by atoms with Crippen LogP contribution in [0.25, 0.3) is 0 Å². The molecule has 0 saturated carbocycles. The molecule has 0 heterocycles. The highest BCUT2D eigenvalue weighted by Crippen LogP contribution is 2.28. The molecule has 2 atom stereocenters. The predicted molar refractivity (Wildman–Crippen MR) is 67.4 cm³/mol. The summed E-state index contributed by atoms with van der Waals surface area (Å²) in [5.74, 6) is 0.838. The predicted octanol–water partition coefficient (Wildman–Crippen LogP) is 1.82. The Labute approximate surface area is 102 Å². The van der Waals surface area contributed by atoms with E-state index in [1.165, 1.54) is 0 Å². The first-order chi connectivity index (χ1) is 8.12. The van der Waals surface area contributed by atoms with Crippen molar-refractivity contribution in [1.29, 1.82) is 0 Å². The van der Waals surface area contributed by atoms with E-state index >= 15 is 0 Å². The first kappa shape index (κ1) is 13.8. The minimum atomic E-state index is -0.0157. The van der Waals surface area contributed by atoms with E-state index in [0.29, 0.717) is 5.75 Å². The summed E-state index contributed by atoms with van der Waals surface area (Å²) in [6.07, 6.45) is 0.845. The fraction of sp³-hybridized carbons (Fsp3) is 0.538. The van der Waals surface area contributed by atoms with Crippen LogP contribution < -0.4 is 10.1 Å². The van der Waals surface area contributed by atoms with Crippen LogP contribution in [0.1, 0.15) is 31.9 Å². The van der Waals surface area contributed by atoms with E-state index in [2.05, 4.69) is 5.32 Å². The lowest BCUT2D eigenvalue weighted by Crippen LogP contribution is -2.33. The van der Waals surface area contributed by atoms with Gasteiger partial charge in [-0.25, -0.2) is 0 Å². The van der Waals surface area contributed by atoms with Crippen LogP contribution in [0.3, 0.4) is 0 Å². The molecule has 0 bridgehead atoms. The number of rotatable bonds is 6. The molecule has 96 valence electrons. The SMILES string of the molecule is CC[C@H](CO)NC(C)c1ccc(OC)cc1O. The van der Waals surface area contributed by atoms with E-state index in [0.717, 1.165) is 12.0 Å². The molecule has 0 amide bonds. The monoisotopic (exact) mass is 239 g/mol. The van der Waals surface area contributed by atoms with E-state index in [1.54, 1.807) is 13.2 Å². The van der Waals surface area contributed by atoms with Gasteiger partial charge in [0.1, 0.15) is 11.5 Å². The fourth-order valence-corrected chi connectivity index (χ4v) is 1.76. The molecule has 0 aromatic heterocycles. The molecular weight excluding hydrogens is 218 g/mol. The lowest BCUT2D eigenvalue weighted by molar-refractivity contribution is 0.229. The maximum Gasteiger partial charge on any atom is 0.124 e. The second-order valence-electron chi connectivity index (χ2n) is 4.10. The van der Waals surface area contributed by atoms with Crippen LogP contribution in [-0.4, -0.2) is 30.0 Å². The molecule has 3 N–H and O–H groups in total. The molecule has 0 aliphatic rings. The third-order valence-electron chi connectivity index (χ3n) is 2.90. The molecule has 0 saturated heterocycles. The average molecular weight is 239 g/mol. The van der Waals surface area contributed by atoms with E-state index in [-0.39, 0.29) is 24.4 Å². The van der Waals surface area contributed by atoms with Crippen molar-refractivity contribution in [3.8, 4) is 11.5 Å². The number of hydrogen-bond donors (Lipinski definition) is 3. The molecule has 0 fully saturated rings. The Morgan fingerprint density at radius 2 is 2.12 bits per heavy atom. The number of aliphatic hydroxyl groups excluding tert-OH is 1. The highest BCUT2D eigenvalue weighted by atomic mass is 16.5. The summed E-state index contributed by atoms with van der Waals surface area (Å²) < 4.78 is 5.03. The summed E-state index contributed by atoms with van der Waals surface area (Å²) >= 11 is 0. The zero-order chi connectivity index (χ0) is 12.8. The maximum absolute atomic E-state index is 9.87. The van der Waals surface area contributed by atoms with Crippen molar-refractivity contribution in [2.45, 2.75) is 32.4 Å². The number of benzene rings is 1. The van der Waals surface area contributed by atoms with Crippen molar-refractivity contribution in [2.75, 3.05) is 13.7 Å². The van der Waals surface area contributed by atoms with Crippen LogP contribution in [0.4, 0.5) is 0 Å². The van der Waals surface area contributed by atoms with Crippen molar-refractivity contribution in [3.63, 3.8) is 0 Å². The van der Waals surface area contributed by atoms with Gasteiger partial charge in [-0.15, -0.1) is 0 Å². The van der Waals surface area contributed by atoms with Gasteiger partial charge in [-0.2, -0.15) is 0 Å². The summed E-state index contributed by atoms with van der Waals surface area (Å²) in [7, 11) is 1.56. The van der Waals surface area contributed by atoms with Gasteiger partial charge in [0.25, 0.3) is 0 Å². The molecule has 4 nitrogen and oxygen atoms in total. The second kappa shape index (κ2) is 6.47. The standard InChI is InChI=1S/C13H21NO3/c1-4-10(8-15)14-9(2)12-6-5-11(17-3)7-13(12)16/h5-7,9-10,14-16H,4,8H2,1-3H3/t9?,10-/m1/s1. The van der Waals surface area contributed by atoms with Crippen LogP contribution in [0.2, 0.25) is 0 Å². The summed E-state index contributed by atoms with van der Waals surface area (Å²) in [6.45, 7) is 4.06. The minimum Gasteiger partial charge on any atom is -0.507 e. The highest BCUT2D eigenvalue weighted by molar-refractivity contribution is 5.41. The first-order valence-corrected chi connectivity index (χ1v) is 5.86. The van der Waals surface area contributed by atoms with Gasteiger partial charge < -0.3 is 20.3 Å². The molecular formula is C13H21NO3. The van der Waals surface area contributed by atoms with Gasteiger partial charge >= 0.3 is 0 Å². The zero-order valence-corrected chi connectivity index (χ0v) is 10.6. The van der Waals surface area contributed by atoms with Crippen LogP contribution in [-0.2, 0) is 0 Å². The zero-order valence-electron chi connectivity index (χ0n) is 10.6. The normalized spacial score (nSPS) is 14.4. The smallest absolute Gasteiger partial charge is 0.124 e. The molecule has 4 heteroatoms. The van der Waals surface area contributed by atoms with Crippen LogP contribution in [0, 0.1) is 0 Å². The third-order valence-corrected chi connectivity index (χ3v) is 2.90. The van der Waals surface area contributed by atoms with Crippen molar-refractivity contribution < 1.29 is 14.9 Å². The number of phenols is 1. The van der Waals surface area contributed by atoms with Crippen LogP contribution in [0.5, 0.6) is 11.5 Å². The molecule has 1 unspecified atom stereocenters. The number of nitrogens with one attached hydrogen (secondary N) is 1. The highest BCUT2D eigenvalue weighted by Gasteiger charge is 2.14. The molecule has 0 aliphatic heterocycles. The van der Waals surface area contributed by atoms with E-state index in [9.17, 15) is 5.11 Å². The lowest BCUT2D eigenvalue weighted by Gasteiger charge is -2.21. The van der Waals surface area contributed by atoms with Gasteiger partial charge in [-0.05, 0) is 19.4 Å². The average Bonchev–Trinajstić information content (AvgIpc) is 2.35. The molecule has 1 aromatic carbocycles. The van der Waals surface area contributed by atoms with Gasteiger partial charge in [0.05, 0.1) is 13.7 Å². The van der Waals surface area contributed by atoms with Gasteiger partial charge in [0.15, 0.2) is 0 Å². The van der Waals surface area contributed by atoms with Gasteiger partial charge in [0, 0.05) is 23.7 Å². The number of ether oxygens (including phenoxy) is 1. The quantitative estimate of drug-likeness (QED) is 0.708. The van der Waals surface area contributed by atoms with Crippen molar-refractivity contribution in [1.82, 2.24) is 5.32 Å². The Balaban J connectivity index is 2.78. The third kappa shape index (κ3) is 3.61. The van der Waals surface area contributed by atoms with E-state index < -0.39 is 0 Å². The Bertz CT molecular complexity index is 351.